The molecule has 1 amide bonds. The van der Waals surface area contributed by atoms with Crippen LogP contribution in [0.15, 0.2) is 59.7 Å². The van der Waals surface area contributed by atoms with Crippen LogP contribution in [0, 0.1) is 0 Å². The molecule has 192 valence electrons. The van der Waals surface area contributed by atoms with Gasteiger partial charge in [-0.05, 0) is 23.8 Å². The standard InChI is InChI=1S/C25H23F2N5O5/c1-30-22(35)18-7-6-15(8-19(18)32(30)11-16-4-2-3-5-20(16)37-24(26)27)17-9-28-23(29-10-17)25(36)13-31(14-25)21(34)12-33/h2-10,24,33,36H,11-14H2,1H3. The van der Waals surface area contributed by atoms with E-state index < -0.39 is 24.7 Å². The molecule has 5 rings (SSSR count). The molecule has 0 unspecified atom stereocenters. The summed E-state index contributed by atoms with van der Waals surface area (Å²) in [6.07, 6.45) is 3.07. The first-order valence-electron chi connectivity index (χ1n) is 11.4. The molecule has 0 saturated carbocycles. The molecule has 12 heteroatoms. The van der Waals surface area contributed by atoms with Crippen LogP contribution in [0.25, 0.3) is 22.0 Å². The average molecular weight is 511 g/mol. The topological polar surface area (TPSA) is 123 Å². The Morgan fingerprint density at radius 3 is 2.51 bits per heavy atom. The summed E-state index contributed by atoms with van der Waals surface area (Å²) >= 11 is 0. The zero-order valence-corrected chi connectivity index (χ0v) is 19.7. The van der Waals surface area contributed by atoms with E-state index >= 15 is 0 Å². The molecule has 0 bridgehead atoms. The monoisotopic (exact) mass is 511 g/mol. The van der Waals surface area contributed by atoms with E-state index in [0.29, 0.717) is 27.6 Å². The Bertz CT molecular complexity index is 1530. The van der Waals surface area contributed by atoms with Crippen molar-refractivity contribution in [3.05, 3.63) is 76.6 Å². The molecular formula is C25H23F2N5O5. The number of nitrogens with zero attached hydrogens (tertiary/aromatic N) is 5. The minimum atomic E-state index is -2.97. The summed E-state index contributed by atoms with van der Waals surface area (Å²) in [5, 5.41) is 20.1. The van der Waals surface area contributed by atoms with Crippen molar-refractivity contribution in [3.63, 3.8) is 0 Å². The predicted octanol–water partition coefficient (Wildman–Crippen LogP) is 1.47. The highest BCUT2D eigenvalue weighted by Crippen LogP contribution is 2.31. The van der Waals surface area contributed by atoms with Crippen LogP contribution >= 0.6 is 0 Å². The van der Waals surface area contributed by atoms with Crippen molar-refractivity contribution >= 4 is 16.8 Å². The third-order valence-corrected chi connectivity index (χ3v) is 6.47. The molecule has 0 atom stereocenters. The molecule has 2 aromatic carbocycles. The van der Waals surface area contributed by atoms with Crippen molar-refractivity contribution in [2.24, 2.45) is 7.05 Å². The van der Waals surface area contributed by atoms with Gasteiger partial charge in [-0.2, -0.15) is 8.78 Å². The first-order chi connectivity index (χ1) is 17.7. The minimum Gasteiger partial charge on any atom is -0.434 e. The molecule has 1 aliphatic heterocycles. The lowest BCUT2D eigenvalue weighted by Crippen LogP contribution is -2.62. The van der Waals surface area contributed by atoms with E-state index in [-0.39, 0.29) is 36.8 Å². The zero-order valence-electron chi connectivity index (χ0n) is 19.7. The van der Waals surface area contributed by atoms with Crippen LogP contribution in [0.5, 0.6) is 5.75 Å². The maximum Gasteiger partial charge on any atom is 0.387 e. The van der Waals surface area contributed by atoms with Crippen LogP contribution in [0.1, 0.15) is 11.4 Å². The van der Waals surface area contributed by atoms with Crippen LogP contribution in [0.4, 0.5) is 8.78 Å². The van der Waals surface area contributed by atoms with E-state index in [1.54, 1.807) is 48.1 Å². The fourth-order valence-electron chi connectivity index (χ4n) is 4.47. The van der Waals surface area contributed by atoms with Crippen LogP contribution in [-0.2, 0) is 24.0 Å². The number of fused-ring (bicyclic) bond motifs is 1. The van der Waals surface area contributed by atoms with Gasteiger partial charge < -0.3 is 19.8 Å². The molecule has 0 spiro atoms. The second-order valence-corrected chi connectivity index (χ2v) is 8.84. The lowest BCUT2D eigenvalue weighted by Gasteiger charge is -2.44. The first-order valence-corrected chi connectivity index (χ1v) is 11.4. The van der Waals surface area contributed by atoms with Gasteiger partial charge in [0, 0.05) is 30.6 Å². The highest BCUT2D eigenvalue weighted by molar-refractivity contribution is 5.84. The van der Waals surface area contributed by atoms with Crippen molar-refractivity contribution in [1.29, 1.82) is 0 Å². The molecule has 3 heterocycles. The number of aliphatic hydroxyl groups excluding tert-OH is 1. The summed E-state index contributed by atoms with van der Waals surface area (Å²) < 4.78 is 33.5. The number of carbonyl (C=O) groups is 1. The van der Waals surface area contributed by atoms with Gasteiger partial charge >= 0.3 is 6.61 Å². The number of halogens is 2. The van der Waals surface area contributed by atoms with Crippen molar-refractivity contribution < 1.29 is 28.5 Å². The second kappa shape index (κ2) is 9.37. The number of likely N-dealkylation sites (tertiary alicyclic amines) is 1. The molecule has 37 heavy (non-hydrogen) atoms. The lowest BCUT2D eigenvalue weighted by molar-refractivity contribution is -0.161. The van der Waals surface area contributed by atoms with Gasteiger partial charge in [0.15, 0.2) is 11.4 Å². The van der Waals surface area contributed by atoms with Gasteiger partial charge in [-0.15, -0.1) is 0 Å². The van der Waals surface area contributed by atoms with Gasteiger partial charge in [0.2, 0.25) is 5.91 Å². The van der Waals surface area contributed by atoms with E-state index in [9.17, 15) is 23.5 Å². The molecule has 2 aromatic heterocycles. The second-order valence-electron chi connectivity index (χ2n) is 8.84. The maximum atomic E-state index is 12.9. The maximum absolute atomic E-state index is 12.9. The summed E-state index contributed by atoms with van der Waals surface area (Å²) in [6.45, 7) is -3.51. The number of carbonyl (C=O) groups excluding carboxylic acids is 1. The number of aromatic nitrogens is 4. The van der Waals surface area contributed by atoms with Crippen LogP contribution < -0.4 is 10.3 Å². The molecule has 1 aliphatic rings. The Balaban J connectivity index is 1.46. The lowest BCUT2D eigenvalue weighted by atomic mass is 9.93. The number of benzene rings is 2. The SMILES string of the molecule is Cn1c(=O)c2ccc(-c3cnc(C4(O)CN(C(=O)CO)C4)nc3)cc2n1Cc1ccccc1OC(F)F. The molecular weight excluding hydrogens is 488 g/mol. The van der Waals surface area contributed by atoms with Crippen molar-refractivity contribution in [2.45, 2.75) is 18.8 Å². The Morgan fingerprint density at radius 2 is 1.84 bits per heavy atom. The molecule has 0 aliphatic carbocycles. The number of hydrogen-bond donors (Lipinski definition) is 2. The van der Waals surface area contributed by atoms with Crippen molar-refractivity contribution in [1.82, 2.24) is 24.2 Å². The Kier molecular flexibility index (Phi) is 6.21. The van der Waals surface area contributed by atoms with E-state index in [1.165, 1.54) is 28.0 Å². The van der Waals surface area contributed by atoms with Crippen LogP contribution in [0.3, 0.4) is 0 Å². The van der Waals surface area contributed by atoms with Gasteiger partial charge in [0.25, 0.3) is 5.56 Å². The van der Waals surface area contributed by atoms with Gasteiger partial charge in [-0.3, -0.25) is 19.0 Å². The summed E-state index contributed by atoms with van der Waals surface area (Å²) in [6, 6.07) is 11.6. The van der Waals surface area contributed by atoms with E-state index in [4.69, 9.17) is 5.11 Å². The number of β-amino-alcohol motifs (C(OH)–C–C–N with tert-alkyl or cyclic N) is 1. The highest BCUT2D eigenvalue weighted by atomic mass is 19.3. The Hall–Kier alpha value is -4.16. The van der Waals surface area contributed by atoms with Gasteiger partial charge in [-0.25, -0.2) is 9.97 Å². The van der Waals surface area contributed by atoms with Gasteiger partial charge in [-0.1, -0.05) is 24.3 Å². The zero-order chi connectivity index (χ0) is 26.3. The quantitative estimate of drug-likeness (QED) is 0.385. The number of para-hydroxylation sites is 1. The van der Waals surface area contributed by atoms with Gasteiger partial charge in [0.1, 0.15) is 12.4 Å². The number of rotatable bonds is 7. The van der Waals surface area contributed by atoms with E-state index in [0.717, 1.165) is 0 Å². The van der Waals surface area contributed by atoms with Gasteiger partial charge in [0.05, 0.1) is 30.5 Å². The van der Waals surface area contributed by atoms with Crippen molar-refractivity contribution in [3.8, 4) is 16.9 Å². The molecule has 0 radical (unpaired) electrons. The summed E-state index contributed by atoms with van der Waals surface area (Å²) in [4.78, 5) is 34.3. The smallest absolute Gasteiger partial charge is 0.387 e. The summed E-state index contributed by atoms with van der Waals surface area (Å²) in [5.41, 5.74) is 0.762. The average Bonchev–Trinajstić information content (AvgIpc) is 3.11. The number of aliphatic hydroxyl groups is 2. The molecule has 10 nitrogen and oxygen atoms in total. The minimum absolute atomic E-state index is 0.00919. The Labute approximate surface area is 209 Å². The number of hydrogen-bond acceptors (Lipinski definition) is 7. The normalized spacial score (nSPS) is 14.7. The Morgan fingerprint density at radius 1 is 1.14 bits per heavy atom. The third-order valence-electron chi connectivity index (χ3n) is 6.47. The number of alkyl halides is 2. The molecule has 1 fully saturated rings. The predicted molar refractivity (Wildman–Crippen MR) is 128 cm³/mol. The van der Waals surface area contributed by atoms with Crippen LogP contribution in [0.2, 0.25) is 0 Å². The summed E-state index contributed by atoms with van der Waals surface area (Å²) in [5.74, 6) is -0.293. The number of ether oxygens (including phenoxy) is 1. The highest BCUT2D eigenvalue weighted by Gasteiger charge is 2.47. The summed E-state index contributed by atoms with van der Waals surface area (Å²) in [7, 11) is 1.60. The van der Waals surface area contributed by atoms with Crippen molar-refractivity contribution in [2.75, 3.05) is 19.7 Å². The fourth-order valence-corrected chi connectivity index (χ4v) is 4.47. The van der Waals surface area contributed by atoms with E-state index in [1.807, 2.05) is 0 Å². The molecule has 1 saturated heterocycles. The van der Waals surface area contributed by atoms with E-state index in [2.05, 4.69) is 14.7 Å². The fraction of sp³-hybridized carbons (Fsp3) is 0.280. The molecule has 2 N–H and O–H groups in total. The van der Waals surface area contributed by atoms with Crippen LogP contribution in [-0.4, -0.2) is 66.7 Å². The largest absolute Gasteiger partial charge is 0.434 e. The number of amides is 1. The molecule has 4 aromatic rings. The third kappa shape index (κ3) is 4.45. The first kappa shape index (κ1) is 24.5.